The van der Waals surface area contributed by atoms with Crippen LogP contribution in [0.1, 0.15) is 42.9 Å². The lowest BCUT2D eigenvalue weighted by molar-refractivity contribution is -0.134. The molecule has 3 rings (SSSR count). The highest BCUT2D eigenvalue weighted by Gasteiger charge is 2.32. The zero-order chi connectivity index (χ0) is 15.5. The molecule has 1 aliphatic carbocycles. The number of aryl methyl sites for hydroxylation is 1. The molecule has 1 saturated carbocycles. The molecule has 0 aromatic heterocycles. The highest BCUT2D eigenvalue weighted by Crippen LogP contribution is 2.33. The summed E-state index contributed by atoms with van der Waals surface area (Å²) < 4.78 is 0. The van der Waals surface area contributed by atoms with Crippen LogP contribution in [0.15, 0.2) is 24.3 Å². The minimum Gasteiger partial charge on any atom is -0.334 e. The average Bonchev–Trinajstić information content (AvgIpc) is 2.93. The number of nitrogens with two attached hydrogens (primary N) is 1. The molecular formula is C18H26N2OS. The Bertz CT molecular complexity index is 516. The first-order chi connectivity index (χ1) is 10.6. The van der Waals surface area contributed by atoms with Crippen molar-refractivity contribution in [2.24, 2.45) is 11.7 Å². The van der Waals surface area contributed by atoms with E-state index in [1.165, 1.54) is 17.5 Å². The highest BCUT2D eigenvalue weighted by atomic mass is 32.2. The van der Waals surface area contributed by atoms with Crippen LogP contribution in [0, 0.1) is 12.8 Å². The number of thioether (sulfide) groups is 1. The Morgan fingerprint density at radius 2 is 2.09 bits per heavy atom. The van der Waals surface area contributed by atoms with Gasteiger partial charge < -0.3 is 10.6 Å². The van der Waals surface area contributed by atoms with Crippen LogP contribution < -0.4 is 5.73 Å². The van der Waals surface area contributed by atoms with Gasteiger partial charge in [-0.15, -0.1) is 0 Å². The van der Waals surface area contributed by atoms with Crippen molar-refractivity contribution in [3.8, 4) is 0 Å². The van der Waals surface area contributed by atoms with E-state index in [0.717, 1.165) is 30.9 Å². The standard InChI is InChI=1S/C18H26N2OS/c1-13-5-7-14(8-6-13)17-12-22-10-9-20(17)18(21)11-15-3-2-4-16(15)19/h5-8,15-17H,2-4,9-12,19H2,1H3/t15-,16+,17?/m0/s1. The molecule has 4 heteroatoms. The predicted molar refractivity (Wildman–Crippen MR) is 92.9 cm³/mol. The van der Waals surface area contributed by atoms with E-state index >= 15 is 0 Å². The Balaban J connectivity index is 1.71. The maximum absolute atomic E-state index is 12.8. The maximum atomic E-state index is 12.8. The van der Waals surface area contributed by atoms with Gasteiger partial charge in [-0.25, -0.2) is 0 Å². The first-order valence-electron chi connectivity index (χ1n) is 8.34. The van der Waals surface area contributed by atoms with E-state index < -0.39 is 0 Å². The fraction of sp³-hybridized carbons (Fsp3) is 0.611. The zero-order valence-corrected chi connectivity index (χ0v) is 14.1. The van der Waals surface area contributed by atoms with Crippen LogP contribution in [0.3, 0.4) is 0 Å². The maximum Gasteiger partial charge on any atom is 0.223 e. The summed E-state index contributed by atoms with van der Waals surface area (Å²) in [6.07, 6.45) is 4.00. The third kappa shape index (κ3) is 3.49. The average molecular weight is 318 g/mol. The molecule has 2 N–H and O–H groups in total. The van der Waals surface area contributed by atoms with Gasteiger partial charge in [0.05, 0.1) is 6.04 Å². The number of hydrogen-bond donors (Lipinski definition) is 1. The third-order valence-electron chi connectivity index (χ3n) is 5.07. The van der Waals surface area contributed by atoms with Gasteiger partial charge in [0.15, 0.2) is 0 Å². The zero-order valence-electron chi connectivity index (χ0n) is 13.3. The van der Waals surface area contributed by atoms with Gasteiger partial charge >= 0.3 is 0 Å². The van der Waals surface area contributed by atoms with Crippen LogP contribution in [-0.2, 0) is 4.79 Å². The van der Waals surface area contributed by atoms with Crippen LogP contribution in [0.2, 0.25) is 0 Å². The van der Waals surface area contributed by atoms with E-state index in [1.54, 1.807) is 0 Å². The van der Waals surface area contributed by atoms with Crippen molar-refractivity contribution >= 4 is 17.7 Å². The molecule has 3 nitrogen and oxygen atoms in total. The first-order valence-corrected chi connectivity index (χ1v) is 9.50. The molecule has 2 fully saturated rings. The lowest BCUT2D eigenvalue weighted by Crippen LogP contribution is -2.42. The summed E-state index contributed by atoms with van der Waals surface area (Å²) in [7, 11) is 0. The fourth-order valence-corrected chi connectivity index (χ4v) is 4.72. The summed E-state index contributed by atoms with van der Waals surface area (Å²) >= 11 is 1.95. The van der Waals surface area contributed by atoms with E-state index in [2.05, 4.69) is 36.1 Å². The molecule has 1 unspecified atom stereocenters. The molecule has 3 atom stereocenters. The molecule has 1 aromatic rings. The van der Waals surface area contributed by atoms with Gasteiger partial charge in [0.25, 0.3) is 0 Å². The SMILES string of the molecule is Cc1ccc(C2CSCCN2C(=O)C[C@@H]2CCC[C@H]2N)cc1. The van der Waals surface area contributed by atoms with Crippen molar-refractivity contribution in [3.63, 3.8) is 0 Å². The van der Waals surface area contributed by atoms with Gasteiger partial charge in [-0.2, -0.15) is 11.8 Å². The van der Waals surface area contributed by atoms with E-state index in [9.17, 15) is 4.79 Å². The molecule has 120 valence electrons. The summed E-state index contributed by atoms with van der Waals surface area (Å²) in [6.45, 7) is 2.97. The van der Waals surface area contributed by atoms with Gasteiger partial charge in [-0.1, -0.05) is 36.2 Å². The first kappa shape index (κ1) is 15.9. The molecule has 1 aromatic carbocycles. The molecule has 22 heavy (non-hydrogen) atoms. The molecule has 1 saturated heterocycles. The quantitative estimate of drug-likeness (QED) is 0.931. The smallest absolute Gasteiger partial charge is 0.223 e. The van der Waals surface area contributed by atoms with Crippen molar-refractivity contribution in [1.82, 2.24) is 4.90 Å². The van der Waals surface area contributed by atoms with Crippen LogP contribution in [-0.4, -0.2) is 34.9 Å². The van der Waals surface area contributed by atoms with Crippen molar-refractivity contribution in [2.75, 3.05) is 18.1 Å². The molecule has 1 heterocycles. The largest absolute Gasteiger partial charge is 0.334 e. The molecule has 1 amide bonds. The summed E-state index contributed by atoms with van der Waals surface area (Å²) in [5.41, 5.74) is 8.68. The second-order valence-electron chi connectivity index (χ2n) is 6.65. The van der Waals surface area contributed by atoms with Crippen LogP contribution in [0.4, 0.5) is 0 Å². The number of nitrogens with zero attached hydrogens (tertiary/aromatic N) is 1. The monoisotopic (exact) mass is 318 g/mol. The van der Waals surface area contributed by atoms with E-state index in [4.69, 9.17) is 5.73 Å². The Kier molecular flexibility index (Phi) is 5.09. The topological polar surface area (TPSA) is 46.3 Å². The van der Waals surface area contributed by atoms with Crippen LogP contribution in [0.25, 0.3) is 0 Å². The Hall–Kier alpha value is -1.00. The molecule has 2 aliphatic rings. The number of carbonyl (C=O) groups excluding carboxylic acids is 1. The molecule has 0 spiro atoms. The summed E-state index contributed by atoms with van der Waals surface area (Å²) in [5, 5.41) is 0. The second kappa shape index (κ2) is 7.05. The van der Waals surface area contributed by atoms with Gasteiger partial charge in [-0.3, -0.25) is 4.79 Å². The lowest BCUT2D eigenvalue weighted by Gasteiger charge is -2.36. The van der Waals surface area contributed by atoms with Crippen molar-refractivity contribution in [1.29, 1.82) is 0 Å². The number of rotatable bonds is 3. The Labute approximate surface area is 137 Å². The Morgan fingerprint density at radius 3 is 2.77 bits per heavy atom. The van der Waals surface area contributed by atoms with E-state index in [0.29, 0.717) is 18.2 Å². The fourth-order valence-electron chi connectivity index (χ4n) is 3.63. The molecule has 0 bridgehead atoms. The minimum absolute atomic E-state index is 0.223. The minimum atomic E-state index is 0.223. The molecule has 1 aliphatic heterocycles. The Morgan fingerprint density at radius 1 is 1.32 bits per heavy atom. The van der Waals surface area contributed by atoms with Crippen LogP contribution >= 0.6 is 11.8 Å². The second-order valence-corrected chi connectivity index (χ2v) is 7.80. The summed E-state index contributed by atoms with van der Waals surface area (Å²) in [6, 6.07) is 9.08. The van der Waals surface area contributed by atoms with Gasteiger partial charge in [0.2, 0.25) is 5.91 Å². The van der Waals surface area contributed by atoms with Gasteiger partial charge in [0.1, 0.15) is 0 Å². The van der Waals surface area contributed by atoms with Crippen molar-refractivity contribution < 1.29 is 4.79 Å². The predicted octanol–water partition coefficient (Wildman–Crippen LogP) is 3.13. The molecule has 0 radical (unpaired) electrons. The number of benzene rings is 1. The normalized spacial score (nSPS) is 28.8. The lowest BCUT2D eigenvalue weighted by atomic mass is 9.98. The number of hydrogen-bond acceptors (Lipinski definition) is 3. The van der Waals surface area contributed by atoms with Gasteiger partial charge in [0, 0.05) is 30.5 Å². The number of amides is 1. The van der Waals surface area contributed by atoms with Crippen molar-refractivity contribution in [2.45, 2.75) is 44.7 Å². The summed E-state index contributed by atoms with van der Waals surface area (Å²) in [4.78, 5) is 14.9. The molecular weight excluding hydrogens is 292 g/mol. The van der Waals surface area contributed by atoms with Crippen LogP contribution in [0.5, 0.6) is 0 Å². The highest BCUT2D eigenvalue weighted by molar-refractivity contribution is 7.99. The van der Waals surface area contributed by atoms with E-state index in [-0.39, 0.29) is 12.1 Å². The van der Waals surface area contributed by atoms with E-state index in [1.807, 2.05) is 11.8 Å². The summed E-state index contributed by atoms with van der Waals surface area (Å²) in [5.74, 6) is 2.74. The third-order valence-corrected chi connectivity index (χ3v) is 6.09. The van der Waals surface area contributed by atoms with Gasteiger partial charge in [-0.05, 0) is 31.2 Å². The van der Waals surface area contributed by atoms with Crippen molar-refractivity contribution in [3.05, 3.63) is 35.4 Å². The number of carbonyl (C=O) groups is 1.